The molecule has 0 unspecified atom stereocenters. The third-order valence-electron chi connectivity index (χ3n) is 4.82. The molecule has 2 nitrogen and oxygen atoms in total. The Morgan fingerprint density at radius 2 is 1.14 bits per heavy atom. The first kappa shape index (κ1) is 23.7. The van der Waals surface area contributed by atoms with Crippen LogP contribution in [-0.4, -0.2) is 10.7 Å². The van der Waals surface area contributed by atoms with Crippen LogP contribution in [0.25, 0.3) is 0 Å². The zero-order valence-electron chi connectivity index (χ0n) is 20.1. The van der Waals surface area contributed by atoms with Crippen molar-refractivity contribution in [1.82, 2.24) is 0 Å². The number of ether oxygens (including phenoxy) is 1. The largest absolute Gasteiger partial charge is 0.508 e. The van der Waals surface area contributed by atoms with Gasteiger partial charge in [0.25, 0.3) is 0 Å². The monoisotopic (exact) mass is 414 g/mol. The van der Waals surface area contributed by atoms with Crippen molar-refractivity contribution in [3.05, 3.63) is 46.5 Å². The number of hydrogen-bond acceptors (Lipinski definition) is 3. The number of aromatic hydroxyl groups is 1. The molecule has 160 valence electrons. The maximum Gasteiger partial charge on any atom is 0.124 e. The van der Waals surface area contributed by atoms with E-state index in [1.807, 2.05) is 6.07 Å². The maximum atomic E-state index is 10.4. The van der Waals surface area contributed by atoms with Crippen molar-refractivity contribution in [1.29, 1.82) is 0 Å². The van der Waals surface area contributed by atoms with Gasteiger partial charge in [0, 0.05) is 20.9 Å². The van der Waals surface area contributed by atoms with Crippen LogP contribution in [0.15, 0.2) is 34.1 Å². The van der Waals surface area contributed by atoms with Gasteiger partial charge in [0.15, 0.2) is 0 Å². The molecule has 0 aromatic heterocycles. The zero-order chi connectivity index (χ0) is 22.4. The molecule has 1 N–H and O–H groups in total. The van der Waals surface area contributed by atoms with Crippen LogP contribution in [-0.2, 0) is 10.8 Å². The fourth-order valence-corrected chi connectivity index (χ4v) is 4.30. The van der Waals surface area contributed by atoms with E-state index in [1.165, 1.54) is 20.9 Å². The standard InChI is InChI=1S/C26H38O2S/c1-16-12-20(27)18(24(3,4)5)14-22(16)29-23-15-19(25(6,7)8)21(13-17(23)2)28-26(9,10)11/h12-15,27H,1-11H3. The third kappa shape index (κ3) is 5.94. The Labute approximate surface area is 182 Å². The highest BCUT2D eigenvalue weighted by Gasteiger charge is 2.25. The molecule has 2 aromatic carbocycles. The zero-order valence-corrected chi connectivity index (χ0v) is 20.9. The van der Waals surface area contributed by atoms with Crippen molar-refractivity contribution < 1.29 is 9.84 Å². The molecule has 3 heteroatoms. The van der Waals surface area contributed by atoms with Crippen LogP contribution in [0.4, 0.5) is 0 Å². The lowest BCUT2D eigenvalue weighted by molar-refractivity contribution is 0.127. The topological polar surface area (TPSA) is 29.5 Å². The van der Waals surface area contributed by atoms with Gasteiger partial charge in [-0.1, -0.05) is 53.3 Å². The van der Waals surface area contributed by atoms with Crippen LogP contribution >= 0.6 is 11.8 Å². The van der Waals surface area contributed by atoms with Gasteiger partial charge in [-0.05, 0) is 80.8 Å². The van der Waals surface area contributed by atoms with Gasteiger partial charge in [-0.3, -0.25) is 0 Å². The minimum atomic E-state index is -0.240. The quantitative estimate of drug-likeness (QED) is 0.553. The normalized spacial score (nSPS) is 12.9. The van der Waals surface area contributed by atoms with E-state index < -0.39 is 0 Å². The Morgan fingerprint density at radius 1 is 0.690 bits per heavy atom. The van der Waals surface area contributed by atoms with Crippen molar-refractivity contribution in [3.63, 3.8) is 0 Å². The molecule has 0 radical (unpaired) electrons. The Balaban J connectivity index is 2.57. The molecule has 0 heterocycles. The fraction of sp³-hybridized carbons (Fsp3) is 0.538. The van der Waals surface area contributed by atoms with Crippen molar-refractivity contribution in [2.45, 2.75) is 102 Å². The fourth-order valence-electron chi connectivity index (χ4n) is 3.27. The van der Waals surface area contributed by atoms with Gasteiger partial charge in [-0.25, -0.2) is 0 Å². The van der Waals surface area contributed by atoms with E-state index in [4.69, 9.17) is 4.74 Å². The number of phenolic OH excluding ortho intramolecular Hbond substituents is 1. The second-order valence-corrected chi connectivity index (χ2v) is 12.1. The van der Waals surface area contributed by atoms with Gasteiger partial charge in [-0.2, -0.15) is 0 Å². The first-order valence-corrected chi connectivity index (χ1v) is 11.2. The molecule has 0 saturated carbocycles. The summed E-state index contributed by atoms with van der Waals surface area (Å²) in [7, 11) is 0. The Bertz CT molecular complexity index is 891. The average Bonchev–Trinajstić information content (AvgIpc) is 2.47. The summed E-state index contributed by atoms with van der Waals surface area (Å²) >= 11 is 1.77. The Kier molecular flexibility index (Phi) is 6.45. The number of rotatable bonds is 3. The van der Waals surface area contributed by atoms with Crippen LogP contribution in [0.1, 0.15) is 84.6 Å². The van der Waals surface area contributed by atoms with Gasteiger partial charge in [0.2, 0.25) is 0 Å². The number of phenols is 1. The Morgan fingerprint density at radius 3 is 1.59 bits per heavy atom. The van der Waals surface area contributed by atoms with E-state index in [9.17, 15) is 5.11 Å². The SMILES string of the molecule is Cc1cc(O)c(C(C)(C)C)cc1Sc1cc(C(C)(C)C)c(OC(C)(C)C)cc1C. The molecular weight excluding hydrogens is 376 g/mol. The molecule has 0 fully saturated rings. The van der Waals surface area contributed by atoms with E-state index in [0.717, 1.165) is 16.9 Å². The molecule has 0 spiro atoms. The third-order valence-corrected chi connectivity index (χ3v) is 6.14. The van der Waals surface area contributed by atoms with E-state index in [-0.39, 0.29) is 16.4 Å². The number of benzene rings is 2. The van der Waals surface area contributed by atoms with Crippen LogP contribution in [0, 0.1) is 13.8 Å². The molecule has 0 aliphatic rings. The van der Waals surface area contributed by atoms with Crippen molar-refractivity contribution in [3.8, 4) is 11.5 Å². The summed E-state index contributed by atoms with van der Waals surface area (Å²) in [6.45, 7) is 23.5. The molecule has 0 amide bonds. The highest BCUT2D eigenvalue weighted by Crippen LogP contribution is 2.43. The average molecular weight is 415 g/mol. The molecule has 0 aliphatic carbocycles. The molecule has 0 aliphatic heterocycles. The summed E-state index contributed by atoms with van der Waals surface area (Å²) in [5.74, 6) is 1.34. The van der Waals surface area contributed by atoms with Gasteiger partial charge >= 0.3 is 0 Å². The Hall–Kier alpha value is -1.61. The first-order valence-electron chi connectivity index (χ1n) is 10.3. The lowest BCUT2D eigenvalue weighted by Gasteiger charge is -2.29. The van der Waals surface area contributed by atoms with Crippen LogP contribution in [0.5, 0.6) is 11.5 Å². The first-order chi connectivity index (χ1) is 13.0. The minimum absolute atomic E-state index is 0.0236. The predicted molar refractivity (Wildman–Crippen MR) is 126 cm³/mol. The van der Waals surface area contributed by atoms with Gasteiger partial charge in [0.05, 0.1) is 0 Å². The molecular formula is C26H38O2S. The summed E-state index contributed by atoms with van der Waals surface area (Å²) in [5.41, 5.74) is 4.11. The number of aryl methyl sites for hydroxylation is 2. The van der Waals surface area contributed by atoms with E-state index in [2.05, 4.69) is 94.4 Å². The molecule has 2 rings (SSSR count). The van der Waals surface area contributed by atoms with Crippen molar-refractivity contribution >= 4 is 11.8 Å². The van der Waals surface area contributed by atoms with Gasteiger partial charge in [-0.15, -0.1) is 0 Å². The van der Waals surface area contributed by atoms with Crippen molar-refractivity contribution in [2.75, 3.05) is 0 Å². The second kappa shape index (κ2) is 7.91. The van der Waals surface area contributed by atoms with Crippen LogP contribution < -0.4 is 4.74 Å². The maximum absolute atomic E-state index is 10.4. The van der Waals surface area contributed by atoms with Gasteiger partial charge < -0.3 is 9.84 Å². The van der Waals surface area contributed by atoms with Crippen LogP contribution in [0.3, 0.4) is 0 Å². The minimum Gasteiger partial charge on any atom is -0.508 e. The number of hydrogen-bond donors (Lipinski definition) is 1. The van der Waals surface area contributed by atoms with E-state index >= 15 is 0 Å². The van der Waals surface area contributed by atoms with Crippen molar-refractivity contribution in [2.24, 2.45) is 0 Å². The summed E-state index contributed by atoms with van der Waals surface area (Å²) in [5, 5.41) is 10.4. The second-order valence-electron chi connectivity index (χ2n) is 11.1. The highest BCUT2D eigenvalue weighted by atomic mass is 32.2. The summed E-state index contributed by atoms with van der Waals surface area (Å²) in [6, 6.07) is 8.49. The highest BCUT2D eigenvalue weighted by molar-refractivity contribution is 7.99. The smallest absolute Gasteiger partial charge is 0.124 e. The lowest BCUT2D eigenvalue weighted by Crippen LogP contribution is -2.25. The van der Waals surface area contributed by atoms with Gasteiger partial charge in [0.1, 0.15) is 17.1 Å². The van der Waals surface area contributed by atoms with Crippen LogP contribution in [0.2, 0.25) is 0 Å². The summed E-state index contributed by atoms with van der Waals surface area (Å²) < 4.78 is 6.31. The molecule has 0 saturated heterocycles. The molecule has 2 aromatic rings. The molecule has 0 bridgehead atoms. The molecule has 29 heavy (non-hydrogen) atoms. The van der Waals surface area contributed by atoms with E-state index in [1.54, 1.807) is 11.8 Å². The summed E-state index contributed by atoms with van der Waals surface area (Å²) in [4.78, 5) is 2.41. The molecule has 0 atom stereocenters. The van der Waals surface area contributed by atoms with E-state index in [0.29, 0.717) is 5.75 Å². The predicted octanol–water partition coefficient (Wildman–Crippen LogP) is 7.93. The summed E-state index contributed by atoms with van der Waals surface area (Å²) in [6.07, 6.45) is 0. The lowest BCUT2D eigenvalue weighted by atomic mass is 9.85.